The zero-order valence-electron chi connectivity index (χ0n) is 16.3. The monoisotopic (exact) mass is 394 g/mol. The molecule has 4 N–H and O–H groups in total. The number of anilines is 1. The summed E-state index contributed by atoms with van der Waals surface area (Å²) in [6.45, 7) is -0.107. The van der Waals surface area contributed by atoms with Crippen molar-refractivity contribution in [2.45, 2.75) is 57.6 Å². The second-order valence-corrected chi connectivity index (χ2v) is 7.91. The summed E-state index contributed by atoms with van der Waals surface area (Å²) < 4.78 is 0. The van der Waals surface area contributed by atoms with Crippen molar-refractivity contribution in [3.63, 3.8) is 0 Å². The number of urea groups is 1. The number of carboxylic acid groups (broad SMARTS) is 1. The van der Waals surface area contributed by atoms with Gasteiger partial charge in [0.1, 0.15) is 6.04 Å². The molecule has 2 amide bonds. The van der Waals surface area contributed by atoms with Crippen LogP contribution in [-0.4, -0.2) is 28.3 Å². The molecule has 2 aromatic rings. The Labute approximate surface area is 170 Å². The van der Waals surface area contributed by atoms with Crippen LogP contribution in [0.25, 0.3) is 0 Å². The van der Waals surface area contributed by atoms with Crippen molar-refractivity contribution in [2.24, 2.45) is 0 Å². The van der Waals surface area contributed by atoms with Crippen molar-refractivity contribution in [1.29, 1.82) is 0 Å². The largest absolute Gasteiger partial charge is 0.480 e. The summed E-state index contributed by atoms with van der Waals surface area (Å²) in [5.41, 5.74) is 7.42. The van der Waals surface area contributed by atoms with Gasteiger partial charge in [0.15, 0.2) is 0 Å². The molecule has 2 aromatic carbocycles. The predicted molar refractivity (Wildman–Crippen MR) is 110 cm³/mol. The number of aliphatic hydroxyl groups is 1. The molecule has 2 aliphatic carbocycles. The highest BCUT2D eigenvalue weighted by atomic mass is 16.4. The first-order valence-corrected chi connectivity index (χ1v) is 10.2. The molecule has 4 rings (SSSR count). The fourth-order valence-electron chi connectivity index (χ4n) is 4.57. The van der Waals surface area contributed by atoms with E-state index in [1.54, 1.807) is 24.3 Å². The van der Waals surface area contributed by atoms with Gasteiger partial charge in [-0.2, -0.15) is 0 Å². The summed E-state index contributed by atoms with van der Waals surface area (Å²) in [5.74, 6) is -1.09. The average Bonchev–Trinajstić information content (AvgIpc) is 3.36. The van der Waals surface area contributed by atoms with E-state index in [0.717, 1.165) is 49.8 Å². The Morgan fingerprint density at radius 2 is 1.62 bits per heavy atom. The van der Waals surface area contributed by atoms with Gasteiger partial charge in [-0.15, -0.1) is 0 Å². The van der Waals surface area contributed by atoms with Crippen LogP contribution in [0.5, 0.6) is 0 Å². The van der Waals surface area contributed by atoms with E-state index in [0.29, 0.717) is 5.56 Å². The zero-order chi connectivity index (χ0) is 20.4. The van der Waals surface area contributed by atoms with Crippen LogP contribution in [0.3, 0.4) is 0 Å². The van der Waals surface area contributed by atoms with Gasteiger partial charge in [0.2, 0.25) is 0 Å². The molecule has 0 bridgehead atoms. The van der Waals surface area contributed by atoms with Gasteiger partial charge in [-0.05, 0) is 71.9 Å². The van der Waals surface area contributed by atoms with Crippen LogP contribution in [0.15, 0.2) is 30.3 Å². The summed E-state index contributed by atoms with van der Waals surface area (Å²) >= 11 is 0. The van der Waals surface area contributed by atoms with Crippen molar-refractivity contribution in [3.8, 4) is 0 Å². The fourth-order valence-corrected chi connectivity index (χ4v) is 4.57. The Morgan fingerprint density at radius 3 is 2.24 bits per heavy atom. The van der Waals surface area contributed by atoms with Crippen LogP contribution in [0.1, 0.15) is 46.2 Å². The van der Waals surface area contributed by atoms with E-state index in [1.165, 1.54) is 22.3 Å². The van der Waals surface area contributed by atoms with Crippen molar-refractivity contribution in [1.82, 2.24) is 5.32 Å². The standard InChI is InChI=1S/C23H26N2O4/c26-13-15-5-1-4-14(10-15)11-20(22(27)28)24-23(29)25-21-18-8-2-6-16(18)12-17-7-3-9-19(17)21/h1,4-5,10,12,20,26H,2-3,6-9,11,13H2,(H,27,28)(H2,24,25,29)/t20-/m1/s1. The van der Waals surface area contributed by atoms with Gasteiger partial charge < -0.3 is 20.8 Å². The number of amides is 2. The molecular formula is C23H26N2O4. The van der Waals surface area contributed by atoms with Gasteiger partial charge in [0.25, 0.3) is 0 Å². The first kappa shape index (κ1) is 19.5. The molecule has 0 saturated heterocycles. The van der Waals surface area contributed by atoms with E-state index in [4.69, 9.17) is 0 Å². The Kier molecular flexibility index (Phi) is 5.53. The van der Waals surface area contributed by atoms with Gasteiger partial charge in [0, 0.05) is 12.1 Å². The second kappa shape index (κ2) is 8.25. The number of hydrogen-bond donors (Lipinski definition) is 4. The number of nitrogens with one attached hydrogen (secondary N) is 2. The maximum atomic E-state index is 12.7. The highest BCUT2D eigenvalue weighted by Crippen LogP contribution is 2.38. The minimum absolute atomic E-state index is 0.107. The molecule has 1 atom stereocenters. The van der Waals surface area contributed by atoms with Crippen molar-refractivity contribution >= 4 is 17.7 Å². The Balaban J connectivity index is 1.50. The predicted octanol–water partition coefficient (Wildman–Crippen LogP) is 2.97. The molecule has 6 nitrogen and oxygen atoms in total. The molecule has 0 radical (unpaired) electrons. The molecule has 0 aromatic heterocycles. The molecule has 0 aliphatic heterocycles. The lowest BCUT2D eigenvalue weighted by Gasteiger charge is -2.19. The first-order chi connectivity index (χ1) is 14.0. The third kappa shape index (κ3) is 4.12. The van der Waals surface area contributed by atoms with Crippen LogP contribution in [0, 0.1) is 0 Å². The number of benzene rings is 2. The minimum Gasteiger partial charge on any atom is -0.480 e. The van der Waals surface area contributed by atoms with Crippen LogP contribution < -0.4 is 10.6 Å². The highest BCUT2D eigenvalue weighted by Gasteiger charge is 2.26. The summed E-state index contributed by atoms with van der Waals surface area (Å²) in [4.78, 5) is 24.4. The maximum absolute atomic E-state index is 12.7. The molecule has 6 heteroatoms. The maximum Gasteiger partial charge on any atom is 0.326 e. The number of aliphatic hydroxyl groups excluding tert-OH is 1. The van der Waals surface area contributed by atoms with Crippen LogP contribution in [0.2, 0.25) is 0 Å². The van der Waals surface area contributed by atoms with Crippen LogP contribution in [-0.2, 0) is 43.5 Å². The Bertz CT molecular complexity index is 922. The molecule has 29 heavy (non-hydrogen) atoms. The summed E-state index contributed by atoms with van der Waals surface area (Å²) in [5, 5.41) is 24.5. The lowest BCUT2D eigenvalue weighted by molar-refractivity contribution is -0.139. The van der Waals surface area contributed by atoms with E-state index < -0.39 is 18.0 Å². The van der Waals surface area contributed by atoms with E-state index in [1.807, 2.05) is 0 Å². The number of aryl methyl sites for hydroxylation is 2. The quantitative estimate of drug-likeness (QED) is 0.605. The summed E-state index contributed by atoms with van der Waals surface area (Å²) in [6.07, 6.45) is 6.32. The van der Waals surface area contributed by atoms with Crippen LogP contribution in [0.4, 0.5) is 10.5 Å². The third-order valence-electron chi connectivity index (χ3n) is 5.93. The second-order valence-electron chi connectivity index (χ2n) is 7.91. The number of carboxylic acids is 1. The first-order valence-electron chi connectivity index (χ1n) is 10.2. The highest BCUT2D eigenvalue weighted by molar-refractivity contribution is 5.94. The molecule has 0 spiro atoms. The number of hydrogen-bond acceptors (Lipinski definition) is 3. The number of carbonyl (C=O) groups excluding carboxylic acids is 1. The number of aliphatic carboxylic acids is 1. The SMILES string of the molecule is O=C(Nc1c2c(cc3c1CCC3)CCC2)N[C@H](Cc1cccc(CO)c1)C(=O)O. The molecule has 0 fully saturated rings. The molecule has 0 unspecified atom stereocenters. The van der Waals surface area contributed by atoms with Crippen molar-refractivity contribution in [2.75, 3.05) is 5.32 Å². The molecule has 2 aliphatic rings. The molecule has 152 valence electrons. The zero-order valence-corrected chi connectivity index (χ0v) is 16.3. The van der Waals surface area contributed by atoms with Gasteiger partial charge >= 0.3 is 12.0 Å². The van der Waals surface area contributed by atoms with Gasteiger partial charge in [-0.25, -0.2) is 9.59 Å². The smallest absolute Gasteiger partial charge is 0.326 e. The number of fused-ring (bicyclic) bond motifs is 2. The normalized spacial score (nSPS) is 15.5. The average molecular weight is 394 g/mol. The number of rotatable bonds is 6. The van der Waals surface area contributed by atoms with Gasteiger partial charge in [-0.3, -0.25) is 0 Å². The fraction of sp³-hybridized carbons (Fsp3) is 0.391. The summed E-state index contributed by atoms with van der Waals surface area (Å²) in [7, 11) is 0. The van der Waals surface area contributed by atoms with Crippen molar-refractivity contribution in [3.05, 3.63) is 63.7 Å². The molecular weight excluding hydrogens is 368 g/mol. The van der Waals surface area contributed by atoms with E-state index in [2.05, 4.69) is 16.7 Å². The van der Waals surface area contributed by atoms with Crippen molar-refractivity contribution < 1.29 is 19.8 Å². The van der Waals surface area contributed by atoms with Crippen LogP contribution >= 0.6 is 0 Å². The van der Waals surface area contributed by atoms with E-state index >= 15 is 0 Å². The topological polar surface area (TPSA) is 98.7 Å². The van der Waals surface area contributed by atoms with Gasteiger partial charge in [-0.1, -0.05) is 30.3 Å². The molecule has 0 saturated carbocycles. The molecule has 0 heterocycles. The van der Waals surface area contributed by atoms with E-state index in [9.17, 15) is 19.8 Å². The Morgan fingerprint density at radius 1 is 0.966 bits per heavy atom. The minimum atomic E-state index is -1.09. The lowest BCUT2D eigenvalue weighted by atomic mass is 9.99. The Hall–Kier alpha value is -2.86. The number of carbonyl (C=O) groups is 2. The van der Waals surface area contributed by atoms with E-state index in [-0.39, 0.29) is 13.0 Å². The lowest BCUT2D eigenvalue weighted by Crippen LogP contribution is -2.44. The third-order valence-corrected chi connectivity index (χ3v) is 5.93. The summed E-state index contributed by atoms with van der Waals surface area (Å²) in [6, 6.07) is 7.87. The van der Waals surface area contributed by atoms with Gasteiger partial charge in [0.05, 0.1) is 6.61 Å².